The van der Waals surface area contributed by atoms with E-state index in [1.54, 1.807) is 0 Å². The van der Waals surface area contributed by atoms with Crippen LogP contribution in [0, 0.1) is 0 Å². The predicted octanol–water partition coefficient (Wildman–Crippen LogP) is -7.39. The maximum atomic E-state index is 9.78. The Hall–Kier alpha value is 2.07. The van der Waals surface area contributed by atoms with Gasteiger partial charge in [0.25, 0.3) is 0 Å². The van der Waals surface area contributed by atoms with Crippen molar-refractivity contribution >= 4 is 7.82 Å². The van der Waals surface area contributed by atoms with Gasteiger partial charge in [0.2, 0.25) is 0 Å². The zero-order valence-electron chi connectivity index (χ0n) is 7.36. The topological polar surface area (TPSA) is 92.7 Å². The van der Waals surface area contributed by atoms with Gasteiger partial charge in [-0.25, -0.2) is 0 Å². The van der Waals surface area contributed by atoms with Gasteiger partial charge in [0.1, 0.15) is 0 Å². The fraction of sp³-hybridized carbons (Fsp3) is 1.00. The summed E-state index contributed by atoms with van der Waals surface area (Å²) < 4.78 is 13.6. The minimum absolute atomic E-state index is 0. The van der Waals surface area contributed by atoms with Crippen LogP contribution in [-0.4, -0.2) is 18.3 Å². The zero-order chi connectivity index (χ0) is 8.04. The second-order valence-corrected chi connectivity index (χ2v) is 2.86. The molecule has 0 atom stereocenters. The molecule has 5 nitrogen and oxygen atoms in total. The first-order valence-corrected chi connectivity index (χ1v) is 4.30. The summed E-state index contributed by atoms with van der Waals surface area (Å²) >= 11 is 0. The fourth-order valence-corrected chi connectivity index (χ4v) is 0.743. The van der Waals surface area contributed by atoms with Crippen molar-refractivity contribution in [1.29, 1.82) is 0 Å². The van der Waals surface area contributed by atoms with E-state index in [-0.39, 0.29) is 72.3 Å². The molecule has 0 unspecified atom stereocenters. The number of phosphoric ester groups is 1. The van der Waals surface area contributed by atoms with Crippen molar-refractivity contribution in [3.05, 3.63) is 0 Å². The van der Waals surface area contributed by atoms with E-state index in [4.69, 9.17) is 5.11 Å². The van der Waals surface area contributed by atoms with Crippen LogP contribution in [0.2, 0.25) is 0 Å². The van der Waals surface area contributed by atoms with Crippen LogP contribution in [0.15, 0.2) is 0 Å². The van der Waals surface area contributed by atoms with Gasteiger partial charge in [-0.05, 0) is 12.8 Å². The van der Waals surface area contributed by atoms with Crippen LogP contribution < -0.4 is 68.9 Å². The molecule has 12 heavy (non-hydrogen) atoms. The van der Waals surface area contributed by atoms with Crippen LogP contribution in [0.4, 0.5) is 0 Å². The van der Waals surface area contributed by atoms with Gasteiger partial charge in [0, 0.05) is 6.61 Å². The summed E-state index contributed by atoms with van der Waals surface area (Å²) in [5.74, 6) is 0. The first-order valence-electron chi connectivity index (χ1n) is 2.84. The van der Waals surface area contributed by atoms with Crippen LogP contribution >= 0.6 is 7.82 Å². The third-order valence-corrected chi connectivity index (χ3v) is 1.30. The van der Waals surface area contributed by atoms with E-state index < -0.39 is 7.82 Å². The maximum Gasteiger partial charge on any atom is 1.00 e. The first-order chi connectivity index (χ1) is 4.56. The maximum absolute atomic E-state index is 9.78. The Morgan fingerprint density at radius 2 is 1.75 bits per heavy atom. The molecule has 0 amide bonds. The molecule has 0 heterocycles. The SMILES string of the molecule is O=P([O-])([O-])OCCCCO.[Na+].[Na+]. The Bertz CT molecular complexity index is 127. The summed E-state index contributed by atoms with van der Waals surface area (Å²) in [7, 11) is -4.79. The van der Waals surface area contributed by atoms with E-state index in [1.807, 2.05) is 0 Å². The number of hydrogen-bond acceptors (Lipinski definition) is 5. The van der Waals surface area contributed by atoms with E-state index >= 15 is 0 Å². The van der Waals surface area contributed by atoms with Crippen molar-refractivity contribution in [2.75, 3.05) is 13.2 Å². The van der Waals surface area contributed by atoms with E-state index in [0.717, 1.165) is 0 Å². The van der Waals surface area contributed by atoms with Crippen molar-refractivity contribution in [3.8, 4) is 0 Å². The molecule has 0 aromatic rings. The van der Waals surface area contributed by atoms with Gasteiger partial charge >= 0.3 is 59.1 Å². The third kappa shape index (κ3) is 18.0. The van der Waals surface area contributed by atoms with Gasteiger partial charge < -0.3 is 24.0 Å². The quantitative estimate of drug-likeness (QED) is 0.279. The summed E-state index contributed by atoms with van der Waals surface area (Å²) in [6, 6.07) is 0. The first kappa shape index (κ1) is 19.6. The van der Waals surface area contributed by atoms with Crippen LogP contribution in [0.3, 0.4) is 0 Å². The van der Waals surface area contributed by atoms with E-state index in [9.17, 15) is 14.4 Å². The second-order valence-electron chi connectivity index (χ2n) is 1.71. The molecule has 8 heteroatoms. The summed E-state index contributed by atoms with van der Waals surface area (Å²) in [6.07, 6.45) is 0.824. The van der Waals surface area contributed by atoms with Gasteiger partial charge in [-0.3, -0.25) is 0 Å². The fourth-order valence-electron chi connectivity index (χ4n) is 0.390. The summed E-state index contributed by atoms with van der Waals surface area (Å²) in [4.78, 5) is 19.6. The monoisotopic (exact) mass is 214 g/mol. The molecule has 0 radical (unpaired) electrons. The molecular formula is C4H9Na2O5P. The Morgan fingerprint density at radius 3 is 2.08 bits per heavy atom. The van der Waals surface area contributed by atoms with E-state index in [2.05, 4.69) is 4.52 Å². The smallest absolute Gasteiger partial charge is 0.790 e. The third-order valence-electron chi connectivity index (χ3n) is 0.802. The van der Waals surface area contributed by atoms with Gasteiger partial charge in [-0.2, -0.15) is 0 Å². The Balaban J connectivity index is -0.000000405. The van der Waals surface area contributed by atoms with Gasteiger partial charge in [-0.1, -0.05) is 0 Å². The predicted molar refractivity (Wildman–Crippen MR) is 29.9 cm³/mol. The number of aliphatic hydroxyl groups excluding tert-OH is 1. The largest absolute Gasteiger partial charge is 1.00 e. The average molecular weight is 214 g/mol. The molecule has 0 spiro atoms. The zero-order valence-corrected chi connectivity index (χ0v) is 12.3. The molecule has 0 rings (SSSR count). The molecule has 0 aliphatic rings. The number of phosphoric acid groups is 1. The molecule has 0 fully saturated rings. The van der Waals surface area contributed by atoms with Crippen molar-refractivity contribution in [2.45, 2.75) is 12.8 Å². The Kier molecular flexibility index (Phi) is 18.2. The van der Waals surface area contributed by atoms with Crippen LogP contribution in [0.25, 0.3) is 0 Å². The number of rotatable bonds is 5. The summed E-state index contributed by atoms with van der Waals surface area (Å²) in [6.45, 7) is -0.157. The minimum Gasteiger partial charge on any atom is -0.790 e. The summed E-state index contributed by atoms with van der Waals surface area (Å²) in [5, 5.41) is 8.21. The summed E-state index contributed by atoms with van der Waals surface area (Å²) in [5.41, 5.74) is 0. The molecule has 62 valence electrons. The molecule has 1 N–H and O–H groups in total. The molecule has 0 saturated heterocycles. The average Bonchev–Trinajstić information content (AvgIpc) is 1.78. The minimum atomic E-state index is -4.79. The van der Waals surface area contributed by atoms with Crippen LogP contribution in [-0.2, 0) is 9.09 Å². The molecule has 0 aromatic heterocycles. The molecular weight excluding hydrogens is 205 g/mol. The molecule has 0 aliphatic carbocycles. The number of hydrogen-bond donors (Lipinski definition) is 1. The Morgan fingerprint density at radius 1 is 1.25 bits per heavy atom. The molecule has 0 saturated carbocycles. The van der Waals surface area contributed by atoms with Crippen molar-refractivity contribution < 1.29 is 83.1 Å². The standard InChI is InChI=1S/C4H11O5P.2Na/c5-3-1-2-4-9-10(6,7)8;;/h5H,1-4H2,(H2,6,7,8);;/q;2*+1/p-2. The number of aliphatic hydroxyl groups is 1. The van der Waals surface area contributed by atoms with Crippen LogP contribution in [0.5, 0.6) is 0 Å². The number of unbranched alkanes of at least 4 members (excludes halogenated alkanes) is 1. The van der Waals surface area contributed by atoms with E-state index in [0.29, 0.717) is 12.8 Å². The van der Waals surface area contributed by atoms with Crippen LogP contribution in [0.1, 0.15) is 12.8 Å². The van der Waals surface area contributed by atoms with Crippen molar-refractivity contribution in [1.82, 2.24) is 0 Å². The molecule has 0 aliphatic heterocycles. The van der Waals surface area contributed by atoms with Crippen molar-refractivity contribution in [3.63, 3.8) is 0 Å². The van der Waals surface area contributed by atoms with Gasteiger partial charge in [0.05, 0.1) is 14.4 Å². The normalized spacial score (nSPS) is 9.92. The molecule has 0 bridgehead atoms. The Labute approximate surface area is 116 Å². The van der Waals surface area contributed by atoms with Gasteiger partial charge in [0.15, 0.2) is 0 Å². The van der Waals surface area contributed by atoms with E-state index in [1.165, 1.54) is 0 Å². The molecule has 0 aromatic carbocycles. The second kappa shape index (κ2) is 11.1. The van der Waals surface area contributed by atoms with Gasteiger partial charge in [-0.15, -0.1) is 0 Å². The van der Waals surface area contributed by atoms with Crippen molar-refractivity contribution in [2.24, 2.45) is 0 Å².